The van der Waals surface area contributed by atoms with Gasteiger partial charge in [0.2, 0.25) is 5.91 Å². The molecule has 1 aromatic heterocycles. The molecule has 0 spiro atoms. The molecule has 1 saturated heterocycles. The van der Waals surface area contributed by atoms with E-state index >= 15 is 0 Å². The highest BCUT2D eigenvalue weighted by Gasteiger charge is 2.33. The Morgan fingerprint density at radius 1 is 1.40 bits per heavy atom. The summed E-state index contributed by atoms with van der Waals surface area (Å²) in [6.07, 6.45) is 2.33. The van der Waals surface area contributed by atoms with Gasteiger partial charge in [-0.05, 0) is 37.5 Å². The Balaban J connectivity index is 1.89. The molecule has 3 rings (SSSR count). The molecule has 2 heterocycles. The van der Waals surface area contributed by atoms with E-state index < -0.39 is 5.82 Å². The molecule has 134 valence electrons. The number of rotatable bonds is 4. The van der Waals surface area contributed by atoms with Gasteiger partial charge in [0.05, 0.1) is 25.2 Å². The van der Waals surface area contributed by atoms with E-state index in [1.807, 2.05) is 6.92 Å². The number of ether oxygens (including phenoxy) is 2. The van der Waals surface area contributed by atoms with Crippen LogP contribution in [0.3, 0.4) is 0 Å². The van der Waals surface area contributed by atoms with Crippen LogP contribution < -0.4 is 10.1 Å². The average Bonchev–Trinajstić information content (AvgIpc) is 3.00. The van der Waals surface area contributed by atoms with E-state index in [1.165, 1.54) is 20.1 Å². The zero-order valence-corrected chi connectivity index (χ0v) is 14.5. The second-order valence-corrected chi connectivity index (χ2v) is 6.29. The molecule has 1 aliphatic rings. The largest absolute Gasteiger partial charge is 0.494 e. The van der Waals surface area contributed by atoms with Crippen LogP contribution >= 0.6 is 0 Å². The Bertz CT molecular complexity index is 762. The summed E-state index contributed by atoms with van der Waals surface area (Å²) in [6.45, 7) is 3.43. The molecular formula is C18H22FN3O3. The van der Waals surface area contributed by atoms with Crippen LogP contribution in [-0.2, 0) is 9.53 Å². The minimum absolute atomic E-state index is 0.0478. The minimum Gasteiger partial charge on any atom is -0.494 e. The number of carbonyl (C=O) groups is 1. The van der Waals surface area contributed by atoms with E-state index in [0.29, 0.717) is 12.8 Å². The summed E-state index contributed by atoms with van der Waals surface area (Å²) in [4.78, 5) is 18.9. The fourth-order valence-corrected chi connectivity index (χ4v) is 3.29. The number of hydrogen-bond acceptors (Lipinski definition) is 4. The van der Waals surface area contributed by atoms with Gasteiger partial charge in [0.25, 0.3) is 0 Å². The molecule has 0 aliphatic carbocycles. The molecular weight excluding hydrogens is 325 g/mol. The van der Waals surface area contributed by atoms with Crippen molar-refractivity contribution < 1.29 is 18.7 Å². The Hall–Kier alpha value is -2.41. The highest BCUT2D eigenvalue weighted by atomic mass is 19.1. The van der Waals surface area contributed by atoms with Gasteiger partial charge in [0, 0.05) is 18.7 Å². The van der Waals surface area contributed by atoms with Crippen molar-refractivity contribution in [2.45, 2.75) is 44.9 Å². The van der Waals surface area contributed by atoms with Crippen molar-refractivity contribution in [3.63, 3.8) is 0 Å². The summed E-state index contributed by atoms with van der Waals surface area (Å²) in [6, 6.07) is 4.65. The number of hydrogen-bond donors (Lipinski definition) is 2. The normalized spacial score (nSPS) is 23.3. The number of aromatic amines is 1. The molecule has 1 aliphatic heterocycles. The van der Waals surface area contributed by atoms with Gasteiger partial charge in [0.15, 0.2) is 11.6 Å². The lowest BCUT2D eigenvalue weighted by Gasteiger charge is -2.35. The van der Waals surface area contributed by atoms with E-state index in [2.05, 4.69) is 15.3 Å². The van der Waals surface area contributed by atoms with Crippen LogP contribution in [0.1, 0.15) is 48.9 Å². The predicted octanol–water partition coefficient (Wildman–Crippen LogP) is 2.96. The number of aromatic nitrogens is 2. The maximum atomic E-state index is 13.7. The first-order valence-electron chi connectivity index (χ1n) is 8.23. The van der Waals surface area contributed by atoms with Gasteiger partial charge in [-0.3, -0.25) is 4.79 Å². The van der Waals surface area contributed by atoms with Gasteiger partial charge in [0.1, 0.15) is 6.10 Å². The van der Waals surface area contributed by atoms with Crippen molar-refractivity contribution in [1.82, 2.24) is 15.3 Å². The van der Waals surface area contributed by atoms with Gasteiger partial charge < -0.3 is 19.8 Å². The van der Waals surface area contributed by atoms with E-state index in [4.69, 9.17) is 9.47 Å². The van der Waals surface area contributed by atoms with Gasteiger partial charge in [-0.1, -0.05) is 6.07 Å². The van der Waals surface area contributed by atoms with Crippen molar-refractivity contribution in [2.24, 2.45) is 0 Å². The fraction of sp³-hybridized carbons (Fsp3) is 0.444. The summed E-state index contributed by atoms with van der Waals surface area (Å²) in [5, 5.41) is 2.97. The molecule has 1 fully saturated rings. The first-order valence-corrected chi connectivity index (χ1v) is 8.23. The average molecular weight is 347 g/mol. The third kappa shape index (κ3) is 3.82. The standard InChI is InChI=1S/C18H22FN3O3/c1-10-18(21-9-20-10)17-8-13(22-11(2)23)7-15(25-17)12-4-5-14(19)16(6-12)24-3/h4-6,9,13,15,17H,7-8H2,1-3H3,(H,20,21)(H,22,23)/t13-,15-,17+/m1/s1. The van der Waals surface area contributed by atoms with E-state index in [9.17, 15) is 9.18 Å². The number of halogens is 1. The summed E-state index contributed by atoms with van der Waals surface area (Å²) < 4.78 is 25.0. The minimum atomic E-state index is -0.417. The number of nitrogens with zero attached hydrogens (tertiary/aromatic N) is 1. The van der Waals surface area contributed by atoms with Crippen LogP contribution in [0.4, 0.5) is 4.39 Å². The van der Waals surface area contributed by atoms with Gasteiger partial charge in [-0.2, -0.15) is 0 Å². The summed E-state index contributed by atoms with van der Waals surface area (Å²) >= 11 is 0. The van der Waals surface area contributed by atoms with Crippen molar-refractivity contribution in [3.05, 3.63) is 47.3 Å². The van der Waals surface area contributed by atoms with Crippen molar-refractivity contribution in [2.75, 3.05) is 7.11 Å². The van der Waals surface area contributed by atoms with Crippen LogP contribution in [0.5, 0.6) is 5.75 Å². The van der Waals surface area contributed by atoms with Gasteiger partial charge in [-0.25, -0.2) is 9.37 Å². The van der Waals surface area contributed by atoms with Gasteiger partial charge in [-0.15, -0.1) is 0 Å². The highest BCUT2D eigenvalue weighted by Crippen LogP contribution is 2.40. The van der Waals surface area contributed by atoms with E-state index in [-0.39, 0.29) is 29.9 Å². The number of aryl methyl sites for hydroxylation is 1. The first-order chi connectivity index (χ1) is 12.0. The van der Waals surface area contributed by atoms with Crippen LogP contribution in [-0.4, -0.2) is 29.0 Å². The molecule has 0 bridgehead atoms. The maximum Gasteiger partial charge on any atom is 0.217 e. The predicted molar refractivity (Wildman–Crippen MR) is 89.7 cm³/mol. The lowest BCUT2D eigenvalue weighted by molar-refractivity contribution is -0.122. The lowest BCUT2D eigenvalue weighted by atomic mass is 9.92. The van der Waals surface area contributed by atoms with Crippen molar-refractivity contribution >= 4 is 5.91 Å². The second kappa shape index (κ2) is 7.23. The molecule has 2 N–H and O–H groups in total. The van der Waals surface area contributed by atoms with Crippen LogP contribution in [0.25, 0.3) is 0 Å². The van der Waals surface area contributed by atoms with Gasteiger partial charge >= 0.3 is 0 Å². The quantitative estimate of drug-likeness (QED) is 0.891. The number of nitrogens with one attached hydrogen (secondary N) is 2. The second-order valence-electron chi connectivity index (χ2n) is 6.29. The number of carbonyl (C=O) groups excluding carboxylic acids is 1. The number of H-pyrrole nitrogens is 1. The molecule has 7 heteroatoms. The first kappa shape index (κ1) is 17.4. The highest BCUT2D eigenvalue weighted by molar-refractivity contribution is 5.73. The summed E-state index contributed by atoms with van der Waals surface area (Å²) in [5.41, 5.74) is 2.57. The maximum absolute atomic E-state index is 13.7. The molecule has 6 nitrogen and oxygen atoms in total. The van der Waals surface area contributed by atoms with Crippen LogP contribution in [0.2, 0.25) is 0 Å². The van der Waals surface area contributed by atoms with E-state index in [0.717, 1.165) is 17.0 Å². The number of amides is 1. The Morgan fingerprint density at radius 2 is 2.16 bits per heavy atom. The Morgan fingerprint density at radius 3 is 2.80 bits per heavy atom. The Kier molecular flexibility index (Phi) is 5.03. The third-order valence-corrected chi connectivity index (χ3v) is 4.45. The molecule has 2 aromatic rings. The van der Waals surface area contributed by atoms with E-state index in [1.54, 1.807) is 18.5 Å². The van der Waals surface area contributed by atoms with Crippen LogP contribution in [0, 0.1) is 12.7 Å². The zero-order chi connectivity index (χ0) is 18.0. The fourth-order valence-electron chi connectivity index (χ4n) is 3.29. The van der Waals surface area contributed by atoms with Crippen molar-refractivity contribution in [1.29, 1.82) is 0 Å². The molecule has 0 radical (unpaired) electrons. The topological polar surface area (TPSA) is 76.2 Å². The molecule has 0 unspecified atom stereocenters. The number of benzene rings is 1. The number of methoxy groups -OCH3 is 1. The zero-order valence-electron chi connectivity index (χ0n) is 14.5. The molecule has 25 heavy (non-hydrogen) atoms. The Labute approximate surface area is 145 Å². The molecule has 1 amide bonds. The molecule has 1 aromatic carbocycles. The van der Waals surface area contributed by atoms with Crippen molar-refractivity contribution in [3.8, 4) is 5.75 Å². The third-order valence-electron chi connectivity index (χ3n) is 4.45. The monoisotopic (exact) mass is 347 g/mol. The smallest absolute Gasteiger partial charge is 0.217 e. The lowest BCUT2D eigenvalue weighted by Crippen LogP contribution is -2.40. The summed E-state index contributed by atoms with van der Waals surface area (Å²) in [7, 11) is 1.43. The molecule has 0 saturated carbocycles. The molecule has 3 atom stereocenters. The number of imidazole rings is 1. The SMILES string of the molecule is COc1cc([C@H]2C[C@@H](NC(C)=O)C[C@@H](c3nc[nH]c3C)O2)ccc1F. The summed E-state index contributed by atoms with van der Waals surface area (Å²) in [5.74, 6) is -0.324. The van der Waals surface area contributed by atoms with Crippen LogP contribution in [0.15, 0.2) is 24.5 Å².